The Morgan fingerprint density at radius 3 is 2.15 bits per heavy atom. The SMILES string of the molecule is CC1=NN=C(C(Cl)(Cl)Cl)S1=S(=O)=O. The summed E-state index contributed by atoms with van der Waals surface area (Å²) in [5.41, 5.74) is 0. The second kappa shape index (κ2) is 3.86. The molecule has 0 aromatic heterocycles. The van der Waals surface area contributed by atoms with Gasteiger partial charge in [-0.25, -0.2) is 0 Å². The normalized spacial score (nSPS) is 22.6. The molecule has 13 heavy (non-hydrogen) atoms. The molecule has 0 aliphatic carbocycles. The number of alkyl halides is 3. The monoisotopic (exact) mass is 280 g/mol. The van der Waals surface area contributed by atoms with Crippen molar-refractivity contribution in [2.75, 3.05) is 0 Å². The molecule has 0 radical (unpaired) electrons. The van der Waals surface area contributed by atoms with Gasteiger partial charge in [-0.15, -0.1) is 10.2 Å². The molecule has 0 fully saturated rings. The number of nitrogens with zero attached hydrogens (tertiary/aromatic N) is 2. The van der Waals surface area contributed by atoms with E-state index in [4.69, 9.17) is 34.8 Å². The van der Waals surface area contributed by atoms with Crippen LogP contribution >= 0.6 is 34.8 Å². The summed E-state index contributed by atoms with van der Waals surface area (Å²) in [4.78, 5) is 0. The molecule has 0 spiro atoms. The zero-order valence-electron chi connectivity index (χ0n) is 6.16. The average molecular weight is 282 g/mol. The Hall–Kier alpha value is 0.380. The lowest BCUT2D eigenvalue weighted by Gasteiger charge is -2.09. The third-order valence-corrected chi connectivity index (χ3v) is 5.62. The summed E-state index contributed by atoms with van der Waals surface area (Å²) >= 11 is 16.5. The summed E-state index contributed by atoms with van der Waals surface area (Å²) < 4.78 is 19.7. The maximum Gasteiger partial charge on any atom is 0.252 e. The first-order valence-electron chi connectivity index (χ1n) is 2.87. The molecule has 1 unspecified atom stereocenters. The minimum atomic E-state index is -2.38. The number of hydrogen-bond acceptors (Lipinski definition) is 4. The Kier molecular flexibility index (Phi) is 3.40. The van der Waals surface area contributed by atoms with Gasteiger partial charge in [0.05, 0.1) is 0 Å². The van der Waals surface area contributed by atoms with Gasteiger partial charge in [-0.2, -0.15) is 8.42 Å². The van der Waals surface area contributed by atoms with Gasteiger partial charge in [0, 0.05) is 9.45 Å². The van der Waals surface area contributed by atoms with Crippen LogP contribution in [0.2, 0.25) is 0 Å². The first-order chi connectivity index (χ1) is 5.84. The Labute approximate surface area is 92.7 Å². The topological polar surface area (TPSA) is 58.9 Å². The number of rotatable bonds is 0. The number of halogens is 3. The fourth-order valence-corrected chi connectivity index (χ4v) is 4.47. The van der Waals surface area contributed by atoms with Gasteiger partial charge in [0.2, 0.25) is 3.79 Å². The van der Waals surface area contributed by atoms with Crippen molar-refractivity contribution in [2.24, 2.45) is 10.2 Å². The predicted molar refractivity (Wildman–Crippen MR) is 57.1 cm³/mol. The Morgan fingerprint density at radius 2 is 1.85 bits per heavy atom. The standard InChI is InChI=1S/C4H3Cl3N2O2S2/c1-2-8-9-3(4(5,6)7)12(2)13(10)11/h1H3. The number of hydrogen-bond donors (Lipinski definition) is 0. The maximum absolute atomic E-state index is 10.7. The van der Waals surface area contributed by atoms with Crippen molar-refractivity contribution in [1.82, 2.24) is 0 Å². The summed E-state index contributed by atoms with van der Waals surface area (Å²) in [5.74, 6) is 0. The summed E-state index contributed by atoms with van der Waals surface area (Å²) in [5, 5.41) is 7.35. The fraction of sp³-hybridized carbons (Fsp3) is 0.500. The molecule has 0 saturated carbocycles. The van der Waals surface area contributed by atoms with Crippen LogP contribution in [0.3, 0.4) is 0 Å². The molecule has 1 rings (SSSR count). The van der Waals surface area contributed by atoms with Crippen molar-refractivity contribution in [3.05, 3.63) is 0 Å². The smallest absolute Gasteiger partial charge is 0.177 e. The zero-order chi connectivity index (χ0) is 10.2. The molecule has 0 amide bonds. The van der Waals surface area contributed by atoms with E-state index < -0.39 is 22.5 Å². The lowest BCUT2D eigenvalue weighted by Crippen LogP contribution is -2.24. The van der Waals surface area contributed by atoms with Gasteiger partial charge < -0.3 is 0 Å². The van der Waals surface area contributed by atoms with Crippen molar-refractivity contribution >= 4 is 63.6 Å². The molecule has 0 aromatic carbocycles. The van der Waals surface area contributed by atoms with Crippen molar-refractivity contribution in [3.8, 4) is 0 Å². The van der Waals surface area contributed by atoms with Crippen LogP contribution in [0.4, 0.5) is 0 Å². The molecule has 1 aliphatic rings. The van der Waals surface area contributed by atoms with Gasteiger partial charge in [0.1, 0.15) is 5.04 Å². The van der Waals surface area contributed by atoms with E-state index in [-0.39, 0.29) is 5.04 Å². The van der Waals surface area contributed by atoms with Crippen molar-refractivity contribution in [3.63, 3.8) is 0 Å². The molecule has 1 heterocycles. The molecule has 0 N–H and O–H groups in total. The van der Waals surface area contributed by atoms with Gasteiger partial charge in [-0.3, -0.25) is 0 Å². The van der Waals surface area contributed by atoms with Gasteiger partial charge in [0.15, 0.2) is 5.04 Å². The van der Waals surface area contributed by atoms with E-state index in [1.807, 2.05) is 0 Å². The molecule has 0 bridgehead atoms. The van der Waals surface area contributed by atoms with Crippen LogP contribution in [0.5, 0.6) is 0 Å². The Balaban J connectivity index is 3.32. The average Bonchev–Trinajstić information content (AvgIpc) is 2.28. The molecule has 74 valence electrons. The molecule has 0 saturated heterocycles. The Bertz CT molecular complexity index is 423. The molecule has 9 heteroatoms. The quantitative estimate of drug-likeness (QED) is 0.632. The van der Waals surface area contributed by atoms with E-state index in [2.05, 4.69) is 10.2 Å². The highest BCUT2D eigenvalue weighted by atomic mass is 35.6. The highest BCUT2D eigenvalue weighted by Gasteiger charge is 2.36. The molecule has 1 aliphatic heterocycles. The van der Waals surface area contributed by atoms with E-state index >= 15 is 0 Å². The first-order valence-corrected chi connectivity index (χ1v) is 6.82. The summed E-state index contributed by atoms with van der Waals surface area (Å²) in [6, 6.07) is 0. The van der Waals surface area contributed by atoms with Gasteiger partial charge in [-0.05, 0) is 6.92 Å². The molecular formula is C4H3Cl3N2O2S2. The Morgan fingerprint density at radius 1 is 1.31 bits per heavy atom. The van der Waals surface area contributed by atoms with Gasteiger partial charge in [0.25, 0.3) is 9.26 Å². The van der Waals surface area contributed by atoms with E-state index in [0.717, 1.165) is 0 Å². The lowest BCUT2D eigenvalue weighted by molar-refractivity contribution is 0.628. The lowest BCUT2D eigenvalue weighted by atomic mass is 10.8. The molecular weight excluding hydrogens is 279 g/mol. The van der Waals surface area contributed by atoms with Crippen LogP contribution < -0.4 is 0 Å². The van der Waals surface area contributed by atoms with Crippen LogP contribution in [0, 0.1) is 0 Å². The van der Waals surface area contributed by atoms with Crippen LogP contribution in [-0.2, 0) is 18.7 Å². The van der Waals surface area contributed by atoms with E-state index in [1.54, 1.807) is 0 Å². The molecule has 1 atom stereocenters. The largest absolute Gasteiger partial charge is 0.252 e. The van der Waals surface area contributed by atoms with Crippen LogP contribution in [0.1, 0.15) is 6.92 Å². The van der Waals surface area contributed by atoms with Crippen LogP contribution in [-0.4, -0.2) is 22.3 Å². The first kappa shape index (κ1) is 11.5. The van der Waals surface area contributed by atoms with Crippen molar-refractivity contribution in [1.29, 1.82) is 0 Å². The van der Waals surface area contributed by atoms with E-state index in [0.29, 0.717) is 5.04 Å². The van der Waals surface area contributed by atoms with Crippen LogP contribution in [0.25, 0.3) is 0 Å². The summed E-state index contributed by atoms with van der Waals surface area (Å²) in [6.07, 6.45) is 0. The van der Waals surface area contributed by atoms with Gasteiger partial charge >= 0.3 is 0 Å². The third-order valence-electron chi connectivity index (χ3n) is 1.10. The van der Waals surface area contributed by atoms with E-state index in [9.17, 15) is 8.42 Å². The second-order valence-corrected chi connectivity index (χ2v) is 8.02. The summed E-state index contributed by atoms with van der Waals surface area (Å²) in [7, 11) is -3.69. The fourth-order valence-electron chi connectivity index (χ4n) is 0.655. The van der Waals surface area contributed by atoms with E-state index in [1.165, 1.54) is 6.92 Å². The highest BCUT2D eigenvalue weighted by Crippen LogP contribution is 2.32. The van der Waals surface area contributed by atoms with Crippen molar-refractivity contribution in [2.45, 2.75) is 10.7 Å². The minimum absolute atomic E-state index is 0.0525. The maximum atomic E-state index is 10.7. The van der Waals surface area contributed by atoms with Crippen LogP contribution in [0.15, 0.2) is 10.2 Å². The molecule has 0 aromatic rings. The molecule has 4 nitrogen and oxygen atoms in total. The summed E-state index contributed by atoms with van der Waals surface area (Å²) in [6.45, 7) is 1.52. The third kappa shape index (κ3) is 2.44. The zero-order valence-corrected chi connectivity index (χ0v) is 10.1. The van der Waals surface area contributed by atoms with Crippen molar-refractivity contribution < 1.29 is 8.42 Å². The van der Waals surface area contributed by atoms with Gasteiger partial charge in [-0.1, -0.05) is 34.8 Å². The minimum Gasteiger partial charge on any atom is -0.177 e. The second-order valence-electron chi connectivity index (χ2n) is 1.99. The highest BCUT2D eigenvalue weighted by molar-refractivity contribution is 8.49. The predicted octanol–water partition coefficient (Wildman–Crippen LogP) is 1.51.